The van der Waals surface area contributed by atoms with Crippen molar-refractivity contribution in [3.05, 3.63) is 59.1 Å². The zero-order valence-corrected chi connectivity index (χ0v) is 15.3. The van der Waals surface area contributed by atoms with Crippen LogP contribution in [-0.2, 0) is 11.2 Å². The fraction of sp³-hybridized carbons (Fsp3) is 0.263. The van der Waals surface area contributed by atoms with Gasteiger partial charge in [0.05, 0.1) is 0 Å². The first-order chi connectivity index (χ1) is 12.6. The molecule has 6 nitrogen and oxygen atoms in total. The lowest BCUT2D eigenvalue weighted by Crippen LogP contribution is -2.30. The van der Waals surface area contributed by atoms with Crippen molar-refractivity contribution in [3.8, 4) is 5.75 Å². The lowest BCUT2D eigenvalue weighted by Gasteiger charge is -2.09. The molecule has 3 N–H and O–H groups in total. The number of urea groups is 1. The van der Waals surface area contributed by atoms with Crippen molar-refractivity contribution in [1.29, 1.82) is 0 Å². The highest BCUT2D eigenvalue weighted by Crippen LogP contribution is 2.15. The number of anilines is 1. The number of likely N-dealkylation sites (N-methyl/N-ethyl adjacent to an activating group) is 1. The normalized spacial score (nSPS) is 10.1. The summed E-state index contributed by atoms with van der Waals surface area (Å²) in [6.45, 7) is 2.88. The van der Waals surface area contributed by atoms with E-state index in [1.165, 1.54) is 0 Å². The summed E-state index contributed by atoms with van der Waals surface area (Å²) in [5, 5.41) is 8.86. The number of hydrogen-bond donors (Lipinski definition) is 3. The smallest absolute Gasteiger partial charge is 0.319 e. The number of hydrogen-bond acceptors (Lipinski definition) is 3. The van der Waals surface area contributed by atoms with Gasteiger partial charge in [-0.3, -0.25) is 4.79 Å². The molecule has 2 aromatic carbocycles. The van der Waals surface area contributed by atoms with E-state index in [0.717, 1.165) is 5.56 Å². The predicted octanol–water partition coefficient (Wildman–Crippen LogP) is 3.22. The minimum Gasteiger partial charge on any atom is -0.484 e. The quantitative estimate of drug-likeness (QED) is 0.662. The molecule has 0 atom stereocenters. The van der Waals surface area contributed by atoms with E-state index in [0.29, 0.717) is 36.0 Å². The van der Waals surface area contributed by atoms with E-state index in [1.807, 2.05) is 31.2 Å². The van der Waals surface area contributed by atoms with Crippen LogP contribution in [0.5, 0.6) is 5.75 Å². The molecule has 138 valence electrons. The number of amides is 3. The van der Waals surface area contributed by atoms with E-state index in [9.17, 15) is 9.59 Å². The van der Waals surface area contributed by atoms with E-state index in [1.54, 1.807) is 24.3 Å². The number of carbonyl (C=O) groups excluding carboxylic acids is 2. The van der Waals surface area contributed by atoms with E-state index in [-0.39, 0.29) is 18.5 Å². The van der Waals surface area contributed by atoms with Crippen molar-refractivity contribution in [2.24, 2.45) is 0 Å². The number of ether oxygens (including phenoxy) is 1. The summed E-state index contributed by atoms with van der Waals surface area (Å²) >= 11 is 5.93. The third-order valence-corrected chi connectivity index (χ3v) is 3.68. The van der Waals surface area contributed by atoms with Crippen LogP contribution in [0.3, 0.4) is 0 Å². The van der Waals surface area contributed by atoms with Gasteiger partial charge in [-0.2, -0.15) is 0 Å². The Bertz CT molecular complexity index is 735. The molecule has 0 aliphatic heterocycles. The Balaban J connectivity index is 1.72. The number of benzene rings is 2. The molecule has 0 saturated carbocycles. The second-order valence-electron chi connectivity index (χ2n) is 5.53. The summed E-state index contributed by atoms with van der Waals surface area (Å²) < 4.78 is 5.35. The van der Waals surface area contributed by atoms with Gasteiger partial charge in [0, 0.05) is 23.8 Å². The van der Waals surface area contributed by atoms with Crippen LogP contribution >= 0.6 is 11.6 Å². The number of carbonyl (C=O) groups is 2. The molecule has 2 aromatic rings. The highest BCUT2D eigenvalue weighted by molar-refractivity contribution is 6.30. The van der Waals surface area contributed by atoms with Crippen molar-refractivity contribution >= 4 is 29.2 Å². The second-order valence-corrected chi connectivity index (χ2v) is 5.96. The van der Waals surface area contributed by atoms with E-state index < -0.39 is 0 Å². The van der Waals surface area contributed by atoms with E-state index in [2.05, 4.69) is 16.0 Å². The molecule has 0 bridgehead atoms. The molecule has 7 heteroatoms. The van der Waals surface area contributed by atoms with Crippen LogP contribution in [0.25, 0.3) is 0 Å². The van der Waals surface area contributed by atoms with Gasteiger partial charge >= 0.3 is 6.03 Å². The Labute approximate surface area is 157 Å². The molecule has 0 aromatic heterocycles. The van der Waals surface area contributed by atoms with Gasteiger partial charge in [0.25, 0.3) is 5.91 Å². The molecule has 0 aliphatic carbocycles. The molecular weight excluding hydrogens is 354 g/mol. The molecule has 0 unspecified atom stereocenters. The van der Waals surface area contributed by atoms with Crippen LogP contribution in [0.2, 0.25) is 5.02 Å². The van der Waals surface area contributed by atoms with Gasteiger partial charge < -0.3 is 20.7 Å². The molecule has 0 fully saturated rings. The van der Waals surface area contributed by atoms with Crippen LogP contribution in [-0.4, -0.2) is 31.6 Å². The van der Waals surface area contributed by atoms with E-state index in [4.69, 9.17) is 16.3 Å². The Kier molecular flexibility index (Phi) is 7.76. The fourth-order valence-corrected chi connectivity index (χ4v) is 2.43. The zero-order chi connectivity index (χ0) is 18.8. The maximum Gasteiger partial charge on any atom is 0.319 e. The highest BCUT2D eigenvalue weighted by Gasteiger charge is 2.04. The molecule has 3 amide bonds. The standard InChI is InChI=1S/C19H22ClN3O3/c1-2-21-18(24)13-26-17-8-6-16(7-9-17)23-19(25)22-11-10-14-4-3-5-15(20)12-14/h3-9,12H,2,10-11,13H2,1H3,(H,21,24)(H2,22,23,25). The Morgan fingerprint density at radius 1 is 1.08 bits per heavy atom. The van der Waals surface area contributed by atoms with Crippen molar-refractivity contribution in [1.82, 2.24) is 10.6 Å². The Morgan fingerprint density at radius 3 is 2.54 bits per heavy atom. The highest BCUT2D eigenvalue weighted by atomic mass is 35.5. The van der Waals surface area contributed by atoms with Gasteiger partial charge in [-0.15, -0.1) is 0 Å². The van der Waals surface area contributed by atoms with Gasteiger partial charge in [-0.05, 0) is 55.3 Å². The molecule has 2 rings (SSSR count). The molecule has 26 heavy (non-hydrogen) atoms. The van der Waals surface area contributed by atoms with Gasteiger partial charge in [0.1, 0.15) is 5.75 Å². The maximum absolute atomic E-state index is 11.9. The van der Waals surface area contributed by atoms with Gasteiger partial charge in [0.2, 0.25) is 0 Å². The lowest BCUT2D eigenvalue weighted by molar-refractivity contribution is -0.122. The fourth-order valence-electron chi connectivity index (χ4n) is 2.22. The van der Waals surface area contributed by atoms with Crippen molar-refractivity contribution < 1.29 is 14.3 Å². The average molecular weight is 376 g/mol. The minimum atomic E-state index is -0.289. The van der Waals surface area contributed by atoms with Gasteiger partial charge in [0.15, 0.2) is 6.61 Å². The zero-order valence-electron chi connectivity index (χ0n) is 14.5. The summed E-state index contributed by atoms with van der Waals surface area (Å²) in [4.78, 5) is 23.3. The van der Waals surface area contributed by atoms with Crippen LogP contribution in [0.1, 0.15) is 12.5 Å². The molecule has 0 radical (unpaired) electrons. The summed E-state index contributed by atoms with van der Waals surface area (Å²) in [6.07, 6.45) is 0.695. The molecule has 0 saturated heterocycles. The minimum absolute atomic E-state index is 0.0371. The van der Waals surface area contributed by atoms with Crippen LogP contribution in [0, 0.1) is 0 Å². The van der Waals surface area contributed by atoms with Crippen molar-refractivity contribution in [2.75, 3.05) is 25.0 Å². The predicted molar refractivity (Wildman–Crippen MR) is 103 cm³/mol. The van der Waals surface area contributed by atoms with Crippen LogP contribution in [0.15, 0.2) is 48.5 Å². The average Bonchev–Trinajstić information content (AvgIpc) is 2.61. The summed E-state index contributed by atoms with van der Waals surface area (Å²) in [5.74, 6) is 0.386. The number of rotatable bonds is 8. The summed E-state index contributed by atoms with van der Waals surface area (Å²) in [6, 6.07) is 14.1. The van der Waals surface area contributed by atoms with Crippen molar-refractivity contribution in [2.45, 2.75) is 13.3 Å². The van der Waals surface area contributed by atoms with Gasteiger partial charge in [-0.1, -0.05) is 23.7 Å². The van der Waals surface area contributed by atoms with E-state index >= 15 is 0 Å². The number of nitrogens with one attached hydrogen (secondary N) is 3. The Hall–Kier alpha value is -2.73. The maximum atomic E-state index is 11.9. The lowest BCUT2D eigenvalue weighted by atomic mass is 10.1. The second kappa shape index (κ2) is 10.3. The molecule has 0 spiro atoms. The monoisotopic (exact) mass is 375 g/mol. The summed E-state index contributed by atoms with van der Waals surface area (Å²) in [5.41, 5.74) is 1.70. The molecule has 0 heterocycles. The SMILES string of the molecule is CCNC(=O)COc1ccc(NC(=O)NCCc2cccc(Cl)c2)cc1. The molecular formula is C19H22ClN3O3. The third-order valence-electron chi connectivity index (χ3n) is 3.44. The topological polar surface area (TPSA) is 79.5 Å². The summed E-state index contributed by atoms with van der Waals surface area (Å²) in [7, 11) is 0. The first-order valence-electron chi connectivity index (χ1n) is 8.35. The van der Waals surface area contributed by atoms with Crippen molar-refractivity contribution in [3.63, 3.8) is 0 Å². The van der Waals surface area contributed by atoms with Crippen LogP contribution in [0.4, 0.5) is 10.5 Å². The number of halogens is 1. The first kappa shape index (κ1) is 19.6. The first-order valence-corrected chi connectivity index (χ1v) is 8.73. The molecule has 0 aliphatic rings. The van der Waals surface area contributed by atoms with Gasteiger partial charge in [-0.25, -0.2) is 4.79 Å². The Morgan fingerprint density at radius 2 is 1.85 bits per heavy atom. The largest absolute Gasteiger partial charge is 0.484 e. The third kappa shape index (κ3) is 7.03. The van der Waals surface area contributed by atoms with Crippen LogP contribution < -0.4 is 20.7 Å².